The molecule has 1 amide bonds. The van der Waals surface area contributed by atoms with Crippen molar-refractivity contribution in [3.63, 3.8) is 0 Å². The monoisotopic (exact) mass is 760 g/mol. The molecule has 1 aromatic heterocycles. The number of aromatic nitrogens is 2. The zero-order valence-electron chi connectivity index (χ0n) is 31.0. The first kappa shape index (κ1) is 38.1. The second-order valence-corrected chi connectivity index (χ2v) is 15.6. The van der Waals surface area contributed by atoms with E-state index in [1.165, 1.54) is 19.2 Å². The summed E-state index contributed by atoms with van der Waals surface area (Å²) in [5.41, 5.74) is -0.0256. The fraction of sp³-hybridized carbons (Fsp3) is 0.425. The number of alkyl halides is 1. The lowest BCUT2D eigenvalue weighted by Crippen LogP contribution is -2.43. The first-order chi connectivity index (χ1) is 26.1. The zero-order chi connectivity index (χ0) is 38.0. The molecule has 1 saturated carbocycles. The number of nitrogens with one attached hydrogen (secondary N) is 1. The van der Waals surface area contributed by atoms with E-state index in [9.17, 15) is 9.59 Å². The predicted octanol–water partition coefficient (Wildman–Crippen LogP) is 6.74. The number of methoxy groups -OCH3 is 2. The lowest BCUT2D eigenvalue weighted by Gasteiger charge is -2.37. The van der Waals surface area contributed by atoms with E-state index in [-0.39, 0.29) is 18.5 Å². The maximum Gasteiger partial charge on any atom is 0.351 e. The lowest BCUT2D eigenvalue weighted by atomic mass is 9.80. The summed E-state index contributed by atoms with van der Waals surface area (Å²) in [6, 6.07) is 26.5. The van der Waals surface area contributed by atoms with Crippen molar-refractivity contribution in [2.75, 3.05) is 33.2 Å². The summed E-state index contributed by atoms with van der Waals surface area (Å²) in [4.78, 5) is 28.9. The number of amides is 1. The number of carbonyl (C=O) groups is 1. The molecule has 12 nitrogen and oxygen atoms in total. The van der Waals surface area contributed by atoms with Crippen LogP contribution in [0.1, 0.15) is 62.4 Å². The Morgan fingerprint density at radius 2 is 1.61 bits per heavy atom. The Kier molecular flexibility index (Phi) is 11.2. The minimum absolute atomic E-state index is 0.0525. The smallest absolute Gasteiger partial charge is 0.351 e. The van der Waals surface area contributed by atoms with Gasteiger partial charge < -0.3 is 33.3 Å². The minimum atomic E-state index is -1.81. The summed E-state index contributed by atoms with van der Waals surface area (Å²) >= 11 is 0. The van der Waals surface area contributed by atoms with Crippen LogP contribution in [0.25, 0.3) is 0 Å². The number of rotatable bonds is 12. The third kappa shape index (κ3) is 7.28. The molecule has 3 fully saturated rings. The van der Waals surface area contributed by atoms with E-state index in [1.807, 2.05) is 85.9 Å². The summed E-state index contributed by atoms with van der Waals surface area (Å²) in [7, 11) is 3.49. The number of halogens is 1. The summed E-state index contributed by atoms with van der Waals surface area (Å²) in [5.74, 6) is 1.01. The van der Waals surface area contributed by atoms with Crippen LogP contribution in [0.15, 0.2) is 95.9 Å². The minimum Gasteiger partial charge on any atom is -0.497 e. The van der Waals surface area contributed by atoms with E-state index < -0.39 is 55.9 Å². The van der Waals surface area contributed by atoms with E-state index >= 15 is 4.39 Å². The number of benzene rings is 3. The van der Waals surface area contributed by atoms with Crippen molar-refractivity contribution in [2.24, 2.45) is 0 Å². The molecule has 0 unspecified atom stereocenters. The van der Waals surface area contributed by atoms with Crippen LogP contribution in [-0.4, -0.2) is 78.0 Å². The molecule has 0 radical (unpaired) electrons. The van der Waals surface area contributed by atoms with E-state index in [1.54, 1.807) is 14.2 Å². The average Bonchev–Trinajstić information content (AvgIpc) is 3.63. The number of hydrogen-bond acceptors (Lipinski definition) is 10. The van der Waals surface area contributed by atoms with E-state index in [2.05, 4.69) is 21.9 Å². The Morgan fingerprint density at radius 3 is 2.19 bits per heavy atom. The van der Waals surface area contributed by atoms with Crippen molar-refractivity contribution in [2.45, 2.75) is 81.4 Å². The maximum absolute atomic E-state index is 17.0. The molecule has 54 heavy (non-hydrogen) atoms. The molecule has 3 aromatic carbocycles. The second kappa shape index (κ2) is 15.9. The Bertz CT molecular complexity index is 1920. The Balaban J connectivity index is 1.28. The summed E-state index contributed by atoms with van der Waals surface area (Å²) < 4.78 is 58.0. The van der Waals surface area contributed by atoms with Gasteiger partial charge in [-0.3, -0.25) is 9.36 Å². The van der Waals surface area contributed by atoms with Crippen molar-refractivity contribution < 1.29 is 37.2 Å². The molecule has 7 atom stereocenters. The molecular formula is C40H46FN4O8P. The molecule has 4 aromatic rings. The third-order valence-corrected chi connectivity index (χ3v) is 12.4. The van der Waals surface area contributed by atoms with Crippen LogP contribution in [0.3, 0.4) is 0 Å². The molecule has 2 aliphatic heterocycles. The molecule has 2 saturated heterocycles. The fourth-order valence-electron chi connectivity index (χ4n) is 7.85. The number of carbonyl (C=O) groups excluding carboxylic acids is 1. The van der Waals surface area contributed by atoms with Gasteiger partial charge >= 0.3 is 5.69 Å². The first-order valence-electron chi connectivity index (χ1n) is 18.1. The quantitative estimate of drug-likeness (QED) is 0.123. The topological polar surface area (TPSA) is 123 Å². The molecule has 286 valence electrons. The van der Waals surface area contributed by atoms with Gasteiger partial charge in [-0.25, -0.2) is 13.9 Å². The highest BCUT2D eigenvalue weighted by Gasteiger charge is 2.56. The number of nitrogens with zero attached hydrogens (tertiary/aromatic N) is 3. The molecule has 0 bridgehead atoms. The van der Waals surface area contributed by atoms with Crippen molar-refractivity contribution in [3.05, 3.63) is 118 Å². The van der Waals surface area contributed by atoms with Gasteiger partial charge in [-0.2, -0.15) is 4.98 Å². The summed E-state index contributed by atoms with van der Waals surface area (Å²) in [6.45, 7) is 3.26. The lowest BCUT2D eigenvalue weighted by molar-refractivity contribution is -0.114. The maximum atomic E-state index is 17.0. The number of ether oxygens (including phenoxy) is 4. The van der Waals surface area contributed by atoms with Gasteiger partial charge in [0.05, 0.1) is 26.4 Å². The van der Waals surface area contributed by atoms with Gasteiger partial charge in [0.15, 0.2) is 12.4 Å². The van der Waals surface area contributed by atoms with E-state index in [0.29, 0.717) is 11.5 Å². The SMILES string of the molecule is COc1ccc(C(OC[C@H]2O[C@@H](n3ccc(NC(C)=O)nc3=O)[C@H](F)[C@@H]2O[P@@]2O[C@@]3(C)CCCC[C@@H]3N2C)(c2ccccc2)c2ccc(OC)cc2)cc1. The van der Waals surface area contributed by atoms with Crippen LogP contribution in [0.5, 0.6) is 11.5 Å². The molecule has 0 spiro atoms. The third-order valence-electron chi connectivity index (χ3n) is 10.6. The highest BCUT2D eigenvalue weighted by molar-refractivity contribution is 7.45. The van der Waals surface area contributed by atoms with Crippen LogP contribution in [-0.2, 0) is 28.9 Å². The van der Waals surface area contributed by atoms with Crippen molar-refractivity contribution in [3.8, 4) is 11.5 Å². The van der Waals surface area contributed by atoms with Gasteiger partial charge in [-0.15, -0.1) is 0 Å². The van der Waals surface area contributed by atoms with Crippen LogP contribution < -0.4 is 20.5 Å². The summed E-state index contributed by atoms with van der Waals surface area (Å²) in [5, 5.41) is 2.49. The van der Waals surface area contributed by atoms with Crippen LogP contribution >= 0.6 is 8.53 Å². The van der Waals surface area contributed by atoms with E-state index in [0.717, 1.165) is 46.9 Å². The second-order valence-electron chi connectivity index (χ2n) is 14.1. The number of hydrogen-bond donors (Lipinski definition) is 1. The van der Waals surface area contributed by atoms with Gasteiger partial charge in [-0.05, 0) is 73.8 Å². The van der Waals surface area contributed by atoms with Crippen LogP contribution in [0.4, 0.5) is 10.2 Å². The van der Waals surface area contributed by atoms with Gasteiger partial charge in [0.1, 0.15) is 35.1 Å². The Morgan fingerprint density at radius 1 is 0.981 bits per heavy atom. The number of anilines is 1. The van der Waals surface area contributed by atoms with E-state index in [4.69, 9.17) is 28.0 Å². The van der Waals surface area contributed by atoms with Crippen molar-refractivity contribution >= 4 is 20.3 Å². The molecule has 3 aliphatic rings. The predicted molar refractivity (Wildman–Crippen MR) is 201 cm³/mol. The number of likely N-dealkylation sites (N-methyl/N-ethyl adjacent to an activating group) is 1. The van der Waals surface area contributed by atoms with Crippen LogP contribution in [0.2, 0.25) is 0 Å². The van der Waals surface area contributed by atoms with Crippen molar-refractivity contribution in [1.82, 2.24) is 14.2 Å². The molecular weight excluding hydrogens is 714 g/mol. The van der Waals surface area contributed by atoms with Gasteiger partial charge in [0.25, 0.3) is 8.53 Å². The molecule has 7 rings (SSSR count). The molecule has 1 N–H and O–H groups in total. The van der Waals surface area contributed by atoms with Gasteiger partial charge in [0.2, 0.25) is 5.91 Å². The zero-order valence-corrected chi connectivity index (χ0v) is 31.9. The summed E-state index contributed by atoms with van der Waals surface area (Å²) in [6.07, 6.45) is -0.0758. The fourth-order valence-corrected chi connectivity index (χ4v) is 9.78. The molecule has 1 aliphatic carbocycles. The van der Waals surface area contributed by atoms with Crippen LogP contribution in [0, 0.1) is 0 Å². The highest BCUT2D eigenvalue weighted by atomic mass is 31.2. The highest BCUT2D eigenvalue weighted by Crippen LogP contribution is 2.61. The normalized spacial score (nSPS) is 27.0. The molecule has 3 heterocycles. The first-order valence-corrected chi connectivity index (χ1v) is 19.2. The van der Waals surface area contributed by atoms with Gasteiger partial charge in [0, 0.05) is 19.2 Å². The van der Waals surface area contributed by atoms with Crippen molar-refractivity contribution in [1.29, 1.82) is 0 Å². The Labute approximate surface area is 315 Å². The standard InChI is InChI=1S/C40H46FN4O8P/c1-26(46)42-34-22-24-45(38(47)43-34)37-35(41)36(52-54-44(3)33-13-9-10-23-39(33,2)53-54)32(51-37)25-50-40(27-11-7-6-8-12-27,28-14-18-30(48-4)19-15-28)29-16-20-31(49-5)21-17-29/h6-8,11-12,14-22,24,32-33,35-37H,9-10,13,23,25H2,1-5H3,(H,42,43,46,47)/t32-,33+,35-,36-,37-,39+,54+/m1/s1. The van der Waals surface area contributed by atoms with Gasteiger partial charge in [-0.1, -0.05) is 67.4 Å². The largest absolute Gasteiger partial charge is 0.497 e. The average molecular weight is 761 g/mol. The molecule has 14 heteroatoms. The Hall–Kier alpha value is -4.23. The number of fused-ring (bicyclic) bond motifs is 1.